The lowest BCUT2D eigenvalue weighted by Crippen LogP contribution is -2.37. The summed E-state index contributed by atoms with van der Waals surface area (Å²) in [7, 11) is 1.53. The standard InChI is InChI=1S/C19H19N3O3S/c1-22(12-18(23)21-15-8-4-6-10-17(15)26-2)19(24)13-25-16-9-5-3-7-14(16)11-20/h3-10H,12-13H2,1-2H3,(H,21,23). The Kier molecular flexibility index (Phi) is 7.06. The number of likely N-dealkylation sites (N-methyl/N-ethyl adjacent to an activating group) is 1. The SMILES string of the molecule is CSc1ccccc1NC(=O)CN(C)C(=O)COc1ccccc1C#N. The van der Waals surface area contributed by atoms with Crippen molar-refractivity contribution in [3.05, 3.63) is 54.1 Å². The van der Waals surface area contributed by atoms with Gasteiger partial charge in [-0.2, -0.15) is 5.26 Å². The number of nitriles is 1. The number of hydrogen-bond acceptors (Lipinski definition) is 5. The predicted octanol–water partition coefficient (Wildman–Crippen LogP) is 2.76. The van der Waals surface area contributed by atoms with Gasteiger partial charge in [0.1, 0.15) is 11.8 Å². The second kappa shape index (κ2) is 9.49. The molecule has 0 saturated carbocycles. The summed E-state index contributed by atoms with van der Waals surface area (Å²) in [4.78, 5) is 26.6. The first kappa shape index (κ1) is 19.3. The molecule has 0 aliphatic rings. The van der Waals surface area contributed by atoms with E-state index in [0.29, 0.717) is 17.0 Å². The van der Waals surface area contributed by atoms with E-state index in [0.717, 1.165) is 4.90 Å². The smallest absolute Gasteiger partial charge is 0.260 e. The number of ether oxygens (including phenoxy) is 1. The molecule has 2 aromatic carbocycles. The number of hydrogen-bond donors (Lipinski definition) is 1. The summed E-state index contributed by atoms with van der Waals surface area (Å²) in [5, 5.41) is 11.8. The minimum absolute atomic E-state index is 0.0925. The lowest BCUT2D eigenvalue weighted by Gasteiger charge is -2.18. The van der Waals surface area contributed by atoms with E-state index in [9.17, 15) is 9.59 Å². The van der Waals surface area contributed by atoms with Gasteiger partial charge in [-0.15, -0.1) is 11.8 Å². The van der Waals surface area contributed by atoms with Crippen molar-refractivity contribution in [1.82, 2.24) is 4.90 Å². The first-order valence-corrected chi connectivity index (χ1v) is 9.06. The quantitative estimate of drug-likeness (QED) is 0.759. The summed E-state index contributed by atoms with van der Waals surface area (Å²) in [6.07, 6.45) is 1.93. The van der Waals surface area contributed by atoms with Crippen LogP contribution in [0.25, 0.3) is 0 Å². The molecule has 1 N–H and O–H groups in total. The largest absolute Gasteiger partial charge is 0.482 e. The third kappa shape index (κ3) is 5.26. The Hall–Kier alpha value is -2.98. The van der Waals surface area contributed by atoms with E-state index in [-0.39, 0.29) is 25.0 Å². The summed E-state index contributed by atoms with van der Waals surface area (Å²) in [5.41, 5.74) is 1.07. The van der Waals surface area contributed by atoms with Gasteiger partial charge >= 0.3 is 0 Å². The highest BCUT2D eigenvalue weighted by atomic mass is 32.2. The van der Waals surface area contributed by atoms with Crippen LogP contribution in [0.1, 0.15) is 5.56 Å². The number of carbonyl (C=O) groups is 2. The molecule has 0 radical (unpaired) electrons. The number of amides is 2. The molecular weight excluding hydrogens is 350 g/mol. The fourth-order valence-corrected chi connectivity index (χ4v) is 2.73. The summed E-state index contributed by atoms with van der Waals surface area (Å²) in [6, 6.07) is 16.1. The molecule has 26 heavy (non-hydrogen) atoms. The van der Waals surface area contributed by atoms with Crippen LogP contribution in [-0.4, -0.2) is 43.2 Å². The molecule has 0 saturated heterocycles. The van der Waals surface area contributed by atoms with Crippen LogP contribution in [0.5, 0.6) is 5.75 Å². The van der Waals surface area contributed by atoms with Crippen molar-refractivity contribution >= 4 is 29.3 Å². The fourth-order valence-electron chi connectivity index (χ4n) is 2.18. The lowest BCUT2D eigenvalue weighted by atomic mass is 10.2. The molecule has 2 aromatic rings. The van der Waals surface area contributed by atoms with Crippen molar-refractivity contribution in [3.63, 3.8) is 0 Å². The van der Waals surface area contributed by atoms with E-state index in [1.54, 1.807) is 24.3 Å². The van der Waals surface area contributed by atoms with Crippen LogP contribution < -0.4 is 10.1 Å². The van der Waals surface area contributed by atoms with E-state index in [1.807, 2.05) is 36.6 Å². The van der Waals surface area contributed by atoms with Gasteiger partial charge in [0.2, 0.25) is 5.91 Å². The number of carbonyl (C=O) groups excluding carboxylic acids is 2. The number of rotatable bonds is 7. The number of nitrogens with zero attached hydrogens (tertiary/aromatic N) is 2. The molecular formula is C19H19N3O3S. The summed E-state index contributed by atoms with van der Waals surface area (Å²) >= 11 is 1.53. The number of thioether (sulfide) groups is 1. The molecule has 2 amide bonds. The van der Waals surface area contributed by atoms with Crippen molar-refractivity contribution in [2.45, 2.75) is 4.90 Å². The van der Waals surface area contributed by atoms with E-state index >= 15 is 0 Å². The van der Waals surface area contributed by atoms with Crippen LogP contribution >= 0.6 is 11.8 Å². The molecule has 0 spiro atoms. The van der Waals surface area contributed by atoms with Crippen molar-refractivity contribution in [3.8, 4) is 11.8 Å². The Morgan fingerprint density at radius 1 is 1.19 bits per heavy atom. The van der Waals surface area contributed by atoms with Gasteiger partial charge in [-0.05, 0) is 30.5 Å². The maximum absolute atomic E-state index is 12.2. The van der Waals surface area contributed by atoms with Gasteiger partial charge < -0.3 is 15.0 Å². The fraction of sp³-hybridized carbons (Fsp3) is 0.211. The number of para-hydroxylation sites is 2. The normalized spacial score (nSPS) is 9.88. The van der Waals surface area contributed by atoms with Gasteiger partial charge in [-0.3, -0.25) is 9.59 Å². The molecule has 0 aromatic heterocycles. The summed E-state index contributed by atoms with van der Waals surface area (Å²) in [6.45, 7) is -0.339. The zero-order chi connectivity index (χ0) is 18.9. The first-order chi connectivity index (χ1) is 12.5. The monoisotopic (exact) mass is 369 g/mol. The number of benzene rings is 2. The Morgan fingerprint density at radius 2 is 1.88 bits per heavy atom. The van der Waals surface area contributed by atoms with Gasteiger partial charge in [-0.1, -0.05) is 24.3 Å². The third-order valence-electron chi connectivity index (χ3n) is 3.55. The molecule has 0 aliphatic heterocycles. The maximum Gasteiger partial charge on any atom is 0.260 e. The molecule has 0 atom stereocenters. The average molecular weight is 369 g/mol. The zero-order valence-corrected chi connectivity index (χ0v) is 15.4. The molecule has 7 heteroatoms. The molecule has 2 rings (SSSR count). The zero-order valence-electron chi connectivity index (χ0n) is 14.6. The summed E-state index contributed by atoms with van der Waals surface area (Å²) in [5.74, 6) is -0.305. The van der Waals surface area contributed by atoms with E-state index in [2.05, 4.69) is 5.32 Å². The van der Waals surface area contributed by atoms with Crippen LogP contribution in [0, 0.1) is 11.3 Å². The second-order valence-corrected chi connectivity index (χ2v) is 6.24. The average Bonchev–Trinajstić information content (AvgIpc) is 2.66. The van der Waals surface area contributed by atoms with Crippen molar-refractivity contribution in [1.29, 1.82) is 5.26 Å². The van der Waals surface area contributed by atoms with E-state index < -0.39 is 0 Å². The van der Waals surface area contributed by atoms with Gasteiger partial charge in [-0.25, -0.2) is 0 Å². The molecule has 0 heterocycles. The molecule has 0 aliphatic carbocycles. The van der Waals surface area contributed by atoms with Gasteiger partial charge in [0.15, 0.2) is 6.61 Å². The molecule has 0 bridgehead atoms. The van der Waals surface area contributed by atoms with Gasteiger partial charge in [0, 0.05) is 11.9 Å². The van der Waals surface area contributed by atoms with Gasteiger partial charge in [0.05, 0.1) is 17.8 Å². The maximum atomic E-state index is 12.2. The summed E-state index contributed by atoms with van der Waals surface area (Å²) < 4.78 is 5.40. The Morgan fingerprint density at radius 3 is 2.62 bits per heavy atom. The molecule has 134 valence electrons. The second-order valence-electron chi connectivity index (χ2n) is 5.39. The van der Waals surface area contributed by atoms with Crippen LogP contribution in [0.15, 0.2) is 53.4 Å². The minimum atomic E-state index is -0.356. The third-order valence-corrected chi connectivity index (χ3v) is 4.34. The first-order valence-electron chi connectivity index (χ1n) is 7.84. The Balaban J connectivity index is 1.88. The van der Waals surface area contributed by atoms with Crippen LogP contribution in [-0.2, 0) is 9.59 Å². The Bertz CT molecular complexity index is 833. The van der Waals surface area contributed by atoms with Crippen LogP contribution in [0.2, 0.25) is 0 Å². The highest BCUT2D eigenvalue weighted by Crippen LogP contribution is 2.24. The highest BCUT2D eigenvalue weighted by molar-refractivity contribution is 7.98. The van der Waals surface area contributed by atoms with E-state index in [4.69, 9.17) is 10.00 Å². The number of nitrogens with one attached hydrogen (secondary N) is 1. The van der Waals surface area contributed by atoms with Crippen molar-refractivity contribution < 1.29 is 14.3 Å². The van der Waals surface area contributed by atoms with Crippen LogP contribution in [0.3, 0.4) is 0 Å². The van der Waals surface area contributed by atoms with Gasteiger partial charge in [0.25, 0.3) is 5.91 Å². The Labute approximate surface area is 156 Å². The van der Waals surface area contributed by atoms with Crippen molar-refractivity contribution in [2.75, 3.05) is 31.8 Å². The minimum Gasteiger partial charge on any atom is -0.482 e. The van der Waals surface area contributed by atoms with E-state index in [1.165, 1.54) is 23.7 Å². The molecule has 0 unspecified atom stereocenters. The number of anilines is 1. The molecule has 6 nitrogen and oxygen atoms in total. The highest BCUT2D eigenvalue weighted by Gasteiger charge is 2.15. The topological polar surface area (TPSA) is 82.4 Å². The van der Waals surface area contributed by atoms with Crippen LogP contribution in [0.4, 0.5) is 5.69 Å². The predicted molar refractivity (Wildman–Crippen MR) is 101 cm³/mol. The molecule has 0 fully saturated rings. The van der Waals surface area contributed by atoms with Crippen molar-refractivity contribution in [2.24, 2.45) is 0 Å². The lowest BCUT2D eigenvalue weighted by molar-refractivity contribution is -0.135.